The molecule has 1 saturated carbocycles. The maximum absolute atomic E-state index is 12.0. The van der Waals surface area contributed by atoms with E-state index in [9.17, 15) is 19.5 Å². The molecule has 1 saturated heterocycles. The molecule has 0 aromatic heterocycles. The van der Waals surface area contributed by atoms with Gasteiger partial charge in [0.25, 0.3) is 0 Å². The minimum atomic E-state index is -1.12. The number of rotatable bonds is 7. The summed E-state index contributed by atoms with van der Waals surface area (Å²) in [5.41, 5.74) is -1.12. The second-order valence-electron chi connectivity index (χ2n) is 6.58. The number of carboxylic acid groups (broad SMARTS) is 1. The summed E-state index contributed by atoms with van der Waals surface area (Å²) in [6.45, 7) is 0.404. The molecule has 0 spiro atoms. The van der Waals surface area contributed by atoms with Gasteiger partial charge in [0.2, 0.25) is 5.91 Å². The molecule has 0 bridgehead atoms. The molecule has 0 aromatic rings. The van der Waals surface area contributed by atoms with Gasteiger partial charge in [0.05, 0.1) is 0 Å². The Balaban J connectivity index is 1.60. The molecular weight excluding hydrogens is 330 g/mol. The van der Waals surface area contributed by atoms with Gasteiger partial charge in [0.15, 0.2) is 0 Å². The fourth-order valence-corrected chi connectivity index (χ4v) is 4.47. The molecule has 0 aromatic carbocycles. The van der Waals surface area contributed by atoms with Crippen LogP contribution in [0.1, 0.15) is 51.4 Å². The van der Waals surface area contributed by atoms with Crippen molar-refractivity contribution < 1.29 is 19.5 Å². The van der Waals surface area contributed by atoms with Crippen LogP contribution in [0.25, 0.3) is 0 Å². The average Bonchev–Trinajstić information content (AvgIpc) is 3.02. The smallest absolute Gasteiger partial charge is 0.330 e. The normalized spacial score (nSPS) is 24.3. The second kappa shape index (κ2) is 9.15. The van der Waals surface area contributed by atoms with Crippen molar-refractivity contribution >= 4 is 29.7 Å². The number of thioether (sulfide) groups is 1. The van der Waals surface area contributed by atoms with Crippen molar-refractivity contribution in [2.45, 2.75) is 62.9 Å². The number of nitrogens with one attached hydrogen (secondary N) is 3. The van der Waals surface area contributed by atoms with Gasteiger partial charge in [-0.25, -0.2) is 9.59 Å². The van der Waals surface area contributed by atoms with Crippen LogP contribution in [0.2, 0.25) is 0 Å². The summed E-state index contributed by atoms with van der Waals surface area (Å²) in [4.78, 5) is 35.1. The first-order valence-corrected chi connectivity index (χ1v) is 9.84. The first-order valence-electron chi connectivity index (χ1n) is 8.68. The molecule has 1 aliphatic carbocycles. The van der Waals surface area contributed by atoms with E-state index in [4.69, 9.17) is 0 Å². The molecule has 2 rings (SSSR count). The van der Waals surface area contributed by atoms with Crippen molar-refractivity contribution in [1.82, 2.24) is 16.0 Å². The molecule has 1 aliphatic heterocycles. The lowest BCUT2D eigenvalue weighted by Crippen LogP contribution is -2.54. The second-order valence-corrected chi connectivity index (χ2v) is 7.68. The van der Waals surface area contributed by atoms with Gasteiger partial charge in [-0.15, -0.1) is 0 Å². The fourth-order valence-electron chi connectivity index (χ4n) is 3.15. The number of hydrogen-bond acceptors (Lipinski definition) is 4. The number of hydrogen-bond donors (Lipinski definition) is 4. The van der Waals surface area contributed by atoms with Gasteiger partial charge in [0, 0.05) is 24.8 Å². The molecule has 8 heteroatoms. The third-order valence-electron chi connectivity index (χ3n) is 4.62. The summed E-state index contributed by atoms with van der Waals surface area (Å²) in [5, 5.41) is 17.7. The lowest BCUT2D eigenvalue weighted by Gasteiger charge is -2.24. The topological polar surface area (TPSA) is 108 Å². The third kappa shape index (κ3) is 5.58. The Hall–Kier alpha value is -1.44. The number of carbonyl (C=O) groups is 3. The highest BCUT2D eigenvalue weighted by Gasteiger charge is 2.43. The van der Waals surface area contributed by atoms with Gasteiger partial charge < -0.3 is 21.1 Å². The van der Waals surface area contributed by atoms with Crippen LogP contribution in [-0.2, 0) is 9.59 Å². The predicted octanol–water partition coefficient (Wildman–Crippen LogP) is 1.47. The van der Waals surface area contributed by atoms with E-state index in [-0.39, 0.29) is 24.4 Å². The standard InChI is InChI=1S/C16H27N3O4S/c20-13(19-16(14(21)22)8-10-24-11-16)7-4-9-17-15(23)18-12-5-2-1-3-6-12/h12H,1-11H2,(H,19,20)(H,21,22)(H2,17,18,23). The molecule has 136 valence electrons. The van der Waals surface area contributed by atoms with Gasteiger partial charge >= 0.3 is 12.0 Å². The van der Waals surface area contributed by atoms with Crippen LogP contribution in [0, 0.1) is 0 Å². The van der Waals surface area contributed by atoms with Crippen LogP contribution in [-0.4, -0.2) is 52.6 Å². The van der Waals surface area contributed by atoms with Crippen molar-refractivity contribution in [3.05, 3.63) is 0 Å². The summed E-state index contributed by atoms with van der Waals surface area (Å²) >= 11 is 1.54. The van der Waals surface area contributed by atoms with Gasteiger partial charge in [-0.1, -0.05) is 19.3 Å². The number of urea groups is 1. The van der Waals surface area contributed by atoms with Crippen LogP contribution in [0.5, 0.6) is 0 Å². The first-order chi connectivity index (χ1) is 11.5. The summed E-state index contributed by atoms with van der Waals surface area (Å²) in [6, 6.07) is 0.0776. The van der Waals surface area contributed by atoms with E-state index in [1.165, 1.54) is 18.2 Å². The van der Waals surface area contributed by atoms with E-state index < -0.39 is 11.5 Å². The van der Waals surface area contributed by atoms with E-state index in [0.29, 0.717) is 25.1 Å². The molecule has 1 atom stereocenters. The lowest BCUT2D eigenvalue weighted by molar-refractivity contribution is -0.146. The van der Waals surface area contributed by atoms with Crippen molar-refractivity contribution in [1.29, 1.82) is 0 Å². The monoisotopic (exact) mass is 357 g/mol. The van der Waals surface area contributed by atoms with Crippen LogP contribution in [0.4, 0.5) is 4.79 Å². The van der Waals surface area contributed by atoms with Crippen molar-refractivity contribution in [2.24, 2.45) is 0 Å². The Morgan fingerprint density at radius 2 is 1.92 bits per heavy atom. The quantitative estimate of drug-likeness (QED) is 0.516. The van der Waals surface area contributed by atoms with E-state index in [1.54, 1.807) is 0 Å². The highest BCUT2D eigenvalue weighted by Crippen LogP contribution is 2.28. The van der Waals surface area contributed by atoms with E-state index in [0.717, 1.165) is 31.4 Å². The third-order valence-corrected chi connectivity index (χ3v) is 5.81. The zero-order valence-electron chi connectivity index (χ0n) is 13.9. The van der Waals surface area contributed by atoms with Crippen molar-refractivity contribution in [2.75, 3.05) is 18.1 Å². The Morgan fingerprint density at radius 1 is 1.17 bits per heavy atom. The van der Waals surface area contributed by atoms with Gasteiger partial charge in [-0.3, -0.25) is 4.79 Å². The Morgan fingerprint density at radius 3 is 2.54 bits per heavy atom. The van der Waals surface area contributed by atoms with Crippen LogP contribution < -0.4 is 16.0 Å². The highest BCUT2D eigenvalue weighted by atomic mass is 32.2. The van der Waals surface area contributed by atoms with Crippen LogP contribution in [0.15, 0.2) is 0 Å². The molecule has 4 N–H and O–H groups in total. The van der Waals surface area contributed by atoms with Gasteiger partial charge in [-0.05, 0) is 31.4 Å². The maximum Gasteiger partial charge on any atom is 0.330 e. The molecule has 7 nitrogen and oxygen atoms in total. The van der Waals surface area contributed by atoms with Crippen LogP contribution >= 0.6 is 11.8 Å². The molecule has 1 heterocycles. The molecule has 24 heavy (non-hydrogen) atoms. The molecule has 1 unspecified atom stereocenters. The van der Waals surface area contributed by atoms with Gasteiger partial charge in [-0.2, -0.15) is 11.8 Å². The van der Waals surface area contributed by atoms with E-state index in [1.807, 2.05) is 0 Å². The summed E-state index contributed by atoms with van der Waals surface area (Å²) in [7, 11) is 0. The molecule has 0 radical (unpaired) electrons. The average molecular weight is 357 g/mol. The van der Waals surface area contributed by atoms with Crippen LogP contribution in [0.3, 0.4) is 0 Å². The zero-order valence-corrected chi connectivity index (χ0v) is 14.8. The predicted molar refractivity (Wildman–Crippen MR) is 93.1 cm³/mol. The van der Waals surface area contributed by atoms with Crippen molar-refractivity contribution in [3.63, 3.8) is 0 Å². The van der Waals surface area contributed by atoms with Crippen molar-refractivity contribution in [3.8, 4) is 0 Å². The zero-order chi connectivity index (χ0) is 17.4. The number of aliphatic carboxylic acids is 1. The van der Waals surface area contributed by atoms with Gasteiger partial charge in [0.1, 0.15) is 5.54 Å². The Bertz CT molecular complexity index is 460. The number of amides is 3. The minimum Gasteiger partial charge on any atom is -0.479 e. The SMILES string of the molecule is O=C(CCCNC(=O)NC1CCCCC1)NC1(C(=O)O)CCSC1. The fraction of sp³-hybridized carbons (Fsp3) is 0.812. The summed E-state index contributed by atoms with van der Waals surface area (Å²) in [6.07, 6.45) is 6.79. The van der Waals surface area contributed by atoms with E-state index >= 15 is 0 Å². The maximum atomic E-state index is 12.0. The Kier molecular flexibility index (Phi) is 7.20. The molecular formula is C16H27N3O4S. The Labute approximate surface area is 146 Å². The lowest BCUT2D eigenvalue weighted by atomic mass is 9.96. The molecule has 2 fully saturated rings. The highest BCUT2D eigenvalue weighted by molar-refractivity contribution is 7.99. The first kappa shape index (κ1) is 18.9. The van der Waals surface area contributed by atoms with E-state index in [2.05, 4.69) is 16.0 Å². The number of carbonyl (C=O) groups excluding carboxylic acids is 2. The summed E-state index contributed by atoms with van der Waals surface area (Å²) in [5.74, 6) is -0.0776. The largest absolute Gasteiger partial charge is 0.479 e. The molecule has 2 aliphatic rings. The molecule has 3 amide bonds. The number of carboxylic acids is 1. The summed E-state index contributed by atoms with van der Waals surface area (Å²) < 4.78 is 0. The minimum absolute atomic E-state index is 0.184.